The third-order valence-electron chi connectivity index (χ3n) is 3.57. The third-order valence-corrected chi connectivity index (χ3v) is 3.57. The lowest BCUT2D eigenvalue weighted by Crippen LogP contribution is -2.36. The minimum atomic E-state index is -0.298. The number of carbonyl (C=O) groups excluding carboxylic acids is 2. The molecule has 2 N–H and O–H groups in total. The molecule has 0 saturated carbocycles. The van der Waals surface area contributed by atoms with E-state index in [1.807, 2.05) is 6.92 Å². The van der Waals surface area contributed by atoms with Crippen LogP contribution in [0.1, 0.15) is 27.6 Å². The maximum atomic E-state index is 12.4. The number of carbonyl (C=O) groups is 2. The van der Waals surface area contributed by atoms with Crippen molar-refractivity contribution < 1.29 is 19.1 Å². The van der Waals surface area contributed by atoms with E-state index in [-0.39, 0.29) is 17.9 Å². The summed E-state index contributed by atoms with van der Waals surface area (Å²) in [6.45, 7) is 2.26. The van der Waals surface area contributed by atoms with Crippen LogP contribution in [0.2, 0.25) is 0 Å². The van der Waals surface area contributed by atoms with Crippen molar-refractivity contribution in [3.63, 3.8) is 0 Å². The number of methoxy groups -OCH3 is 2. The molecule has 0 aliphatic rings. The summed E-state index contributed by atoms with van der Waals surface area (Å²) < 4.78 is 10.1. The van der Waals surface area contributed by atoms with Crippen molar-refractivity contribution in [3.05, 3.63) is 59.7 Å². The van der Waals surface area contributed by atoms with E-state index >= 15 is 0 Å². The van der Waals surface area contributed by atoms with E-state index in [2.05, 4.69) is 10.6 Å². The minimum absolute atomic E-state index is 0.136. The van der Waals surface area contributed by atoms with Crippen molar-refractivity contribution >= 4 is 17.5 Å². The van der Waals surface area contributed by atoms with Gasteiger partial charge in [0.1, 0.15) is 5.75 Å². The second kappa shape index (κ2) is 8.84. The Hall–Kier alpha value is -2.86. The highest BCUT2D eigenvalue weighted by Gasteiger charge is 2.15. The molecule has 1 atom stereocenters. The van der Waals surface area contributed by atoms with Gasteiger partial charge in [-0.3, -0.25) is 9.59 Å². The first kappa shape index (κ1) is 18.5. The molecule has 6 heteroatoms. The first-order chi connectivity index (χ1) is 12.0. The molecule has 0 spiro atoms. The average molecular weight is 342 g/mol. The van der Waals surface area contributed by atoms with Gasteiger partial charge in [0.05, 0.1) is 25.0 Å². The molecule has 0 aromatic heterocycles. The van der Waals surface area contributed by atoms with Gasteiger partial charge in [0.2, 0.25) is 0 Å². The molecule has 2 aromatic carbocycles. The van der Waals surface area contributed by atoms with Gasteiger partial charge < -0.3 is 20.1 Å². The molecule has 0 aliphatic heterocycles. The van der Waals surface area contributed by atoms with Crippen LogP contribution in [0.25, 0.3) is 0 Å². The van der Waals surface area contributed by atoms with Crippen molar-refractivity contribution in [1.29, 1.82) is 0 Å². The van der Waals surface area contributed by atoms with Gasteiger partial charge in [0.25, 0.3) is 11.8 Å². The molecular weight excluding hydrogens is 320 g/mol. The normalized spacial score (nSPS) is 11.5. The van der Waals surface area contributed by atoms with Crippen LogP contribution >= 0.6 is 0 Å². The molecule has 0 saturated heterocycles. The van der Waals surface area contributed by atoms with Crippen LogP contribution in [0.5, 0.6) is 5.75 Å². The Balaban J connectivity index is 2.13. The number of amides is 2. The van der Waals surface area contributed by atoms with Crippen molar-refractivity contribution in [3.8, 4) is 5.75 Å². The maximum Gasteiger partial charge on any atom is 0.255 e. The molecule has 0 fully saturated rings. The van der Waals surface area contributed by atoms with Crippen molar-refractivity contribution in [2.45, 2.75) is 13.0 Å². The number of ether oxygens (including phenoxy) is 2. The van der Waals surface area contributed by atoms with Gasteiger partial charge in [-0.25, -0.2) is 0 Å². The minimum Gasteiger partial charge on any atom is -0.497 e. The van der Waals surface area contributed by atoms with Gasteiger partial charge in [0.15, 0.2) is 0 Å². The van der Waals surface area contributed by atoms with Crippen LogP contribution < -0.4 is 15.4 Å². The van der Waals surface area contributed by atoms with Crippen LogP contribution in [0.4, 0.5) is 5.69 Å². The van der Waals surface area contributed by atoms with Crippen LogP contribution in [0, 0.1) is 0 Å². The van der Waals surface area contributed by atoms with E-state index in [1.165, 1.54) is 0 Å². The van der Waals surface area contributed by atoms with Gasteiger partial charge >= 0.3 is 0 Å². The zero-order valence-corrected chi connectivity index (χ0v) is 14.5. The molecule has 6 nitrogen and oxygen atoms in total. The van der Waals surface area contributed by atoms with E-state index in [1.54, 1.807) is 62.8 Å². The molecule has 2 rings (SSSR count). The van der Waals surface area contributed by atoms with Crippen LogP contribution in [0.15, 0.2) is 48.5 Å². The molecule has 0 radical (unpaired) electrons. The number of para-hydroxylation sites is 1. The molecule has 0 heterocycles. The summed E-state index contributed by atoms with van der Waals surface area (Å²) in [5.74, 6) is 0.103. The summed E-state index contributed by atoms with van der Waals surface area (Å²) in [4.78, 5) is 24.8. The number of benzene rings is 2. The van der Waals surface area contributed by atoms with Gasteiger partial charge in [-0.1, -0.05) is 12.1 Å². The van der Waals surface area contributed by atoms with Gasteiger partial charge in [-0.15, -0.1) is 0 Å². The fourth-order valence-corrected chi connectivity index (χ4v) is 2.32. The van der Waals surface area contributed by atoms with Gasteiger partial charge in [-0.05, 0) is 43.3 Å². The summed E-state index contributed by atoms with van der Waals surface area (Å²) in [7, 11) is 3.14. The standard InChI is InChI=1S/C19H22N2O4/c1-13(12-24-2)20-19(23)16-6-4-5-7-17(16)21-18(22)14-8-10-15(25-3)11-9-14/h4-11,13H,12H2,1-3H3,(H,20,23)(H,21,22). The van der Waals surface area contributed by atoms with Crippen LogP contribution in [0.3, 0.4) is 0 Å². The predicted octanol–water partition coefficient (Wildman–Crippen LogP) is 2.71. The average Bonchev–Trinajstić information content (AvgIpc) is 2.62. The lowest BCUT2D eigenvalue weighted by atomic mass is 10.1. The van der Waals surface area contributed by atoms with E-state index < -0.39 is 0 Å². The Morgan fingerprint density at radius 2 is 1.68 bits per heavy atom. The zero-order chi connectivity index (χ0) is 18.2. The Morgan fingerprint density at radius 1 is 1.00 bits per heavy atom. The molecule has 2 amide bonds. The number of hydrogen-bond donors (Lipinski definition) is 2. The van der Waals surface area contributed by atoms with Crippen LogP contribution in [-0.2, 0) is 4.74 Å². The van der Waals surface area contributed by atoms with E-state index in [9.17, 15) is 9.59 Å². The Kier molecular flexibility index (Phi) is 6.54. The van der Waals surface area contributed by atoms with E-state index in [4.69, 9.17) is 9.47 Å². The highest BCUT2D eigenvalue weighted by Crippen LogP contribution is 2.18. The monoisotopic (exact) mass is 342 g/mol. The first-order valence-electron chi connectivity index (χ1n) is 7.89. The van der Waals surface area contributed by atoms with Gasteiger partial charge in [-0.2, -0.15) is 0 Å². The SMILES string of the molecule is COCC(C)NC(=O)c1ccccc1NC(=O)c1ccc(OC)cc1. The number of nitrogens with one attached hydrogen (secondary N) is 2. The Bertz CT molecular complexity index is 728. The highest BCUT2D eigenvalue weighted by atomic mass is 16.5. The third kappa shape index (κ3) is 5.06. The molecule has 2 aromatic rings. The second-order valence-corrected chi connectivity index (χ2v) is 5.56. The number of hydrogen-bond acceptors (Lipinski definition) is 4. The molecule has 0 bridgehead atoms. The lowest BCUT2D eigenvalue weighted by molar-refractivity contribution is 0.0906. The summed E-state index contributed by atoms with van der Waals surface area (Å²) in [6.07, 6.45) is 0. The fourth-order valence-electron chi connectivity index (χ4n) is 2.32. The topological polar surface area (TPSA) is 76.7 Å². The van der Waals surface area contributed by atoms with Crippen LogP contribution in [-0.4, -0.2) is 38.7 Å². The zero-order valence-electron chi connectivity index (χ0n) is 14.5. The van der Waals surface area contributed by atoms with E-state index in [0.717, 1.165) is 0 Å². The van der Waals surface area contributed by atoms with Crippen molar-refractivity contribution in [1.82, 2.24) is 5.32 Å². The summed E-state index contributed by atoms with van der Waals surface area (Å²) in [5, 5.41) is 5.61. The number of anilines is 1. The second-order valence-electron chi connectivity index (χ2n) is 5.56. The molecular formula is C19H22N2O4. The number of rotatable bonds is 7. The Morgan fingerprint density at radius 3 is 2.32 bits per heavy atom. The first-order valence-corrected chi connectivity index (χ1v) is 7.89. The quantitative estimate of drug-likeness (QED) is 0.811. The van der Waals surface area contributed by atoms with E-state index in [0.29, 0.717) is 29.2 Å². The summed E-state index contributed by atoms with van der Waals surface area (Å²) in [6, 6.07) is 13.5. The smallest absolute Gasteiger partial charge is 0.255 e. The molecule has 0 aliphatic carbocycles. The summed E-state index contributed by atoms with van der Waals surface area (Å²) in [5.41, 5.74) is 1.32. The van der Waals surface area contributed by atoms with Crippen molar-refractivity contribution in [2.24, 2.45) is 0 Å². The molecule has 25 heavy (non-hydrogen) atoms. The summed E-state index contributed by atoms with van der Waals surface area (Å²) >= 11 is 0. The predicted molar refractivity (Wildman–Crippen MR) is 96.2 cm³/mol. The van der Waals surface area contributed by atoms with Crippen molar-refractivity contribution in [2.75, 3.05) is 26.1 Å². The maximum absolute atomic E-state index is 12.4. The molecule has 1 unspecified atom stereocenters. The van der Waals surface area contributed by atoms with Gasteiger partial charge in [0, 0.05) is 18.7 Å². The molecule has 132 valence electrons. The fraction of sp³-hybridized carbons (Fsp3) is 0.263. The Labute approximate surface area is 147 Å². The largest absolute Gasteiger partial charge is 0.497 e. The lowest BCUT2D eigenvalue weighted by Gasteiger charge is -2.15. The highest BCUT2D eigenvalue weighted by molar-refractivity contribution is 6.09.